The first kappa shape index (κ1) is 32.8. The minimum atomic E-state index is -1.28. The fourth-order valence-electron chi connectivity index (χ4n) is 6.34. The number of carboxylic acid groups (broad SMARTS) is 2. The highest BCUT2D eigenvalue weighted by atomic mass is 16.4. The number of carbonyl (C=O) groups excluding carboxylic acids is 2. The summed E-state index contributed by atoms with van der Waals surface area (Å²) in [5.41, 5.74) is 4.16. The Morgan fingerprint density at radius 3 is 1.40 bits per heavy atom. The Balaban J connectivity index is 1.49. The number of anilines is 2. The summed E-state index contributed by atoms with van der Waals surface area (Å²) >= 11 is 0. The van der Waals surface area contributed by atoms with Crippen LogP contribution >= 0.6 is 0 Å². The molecule has 2 heterocycles. The predicted molar refractivity (Wildman–Crippen MR) is 195 cm³/mol. The third-order valence-corrected chi connectivity index (χ3v) is 8.75. The fourth-order valence-corrected chi connectivity index (χ4v) is 6.34. The van der Waals surface area contributed by atoms with Gasteiger partial charge in [-0.1, -0.05) is 71.9 Å². The molecule has 8 nitrogen and oxygen atoms in total. The molecular weight excluding hydrogens is 652 g/mol. The molecule has 2 aliphatic rings. The third-order valence-electron chi connectivity index (χ3n) is 8.75. The van der Waals surface area contributed by atoms with Crippen molar-refractivity contribution in [2.45, 2.75) is 13.1 Å². The van der Waals surface area contributed by atoms with E-state index >= 15 is 0 Å². The van der Waals surface area contributed by atoms with Crippen molar-refractivity contribution in [2.24, 2.45) is 0 Å². The molecule has 0 unspecified atom stereocenters. The molecule has 0 atom stereocenters. The lowest BCUT2D eigenvalue weighted by Crippen LogP contribution is -2.30. The van der Waals surface area contributed by atoms with Gasteiger partial charge in [0, 0.05) is 52.2 Å². The Labute approximate surface area is 299 Å². The van der Waals surface area contributed by atoms with Crippen LogP contribution in [0.2, 0.25) is 0 Å². The summed E-state index contributed by atoms with van der Waals surface area (Å²) in [5, 5.41) is 19.6. The summed E-state index contributed by atoms with van der Waals surface area (Å²) in [6.07, 6.45) is 11.3. The Bertz CT molecular complexity index is 2500. The second-order valence-corrected chi connectivity index (χ2v) is 11.9. The van der Waals surface area contributed by atoms with E-state index in [0.717, 1.165) is 4.90 Å². The van der Waals surface area contributed by atoms with Gasteiger partial charge < -0.3 is 15.1 Å². The van der Waals surface area contributed by atoms with Crippen molar-refractivity contribution in [2.75, 3.05) is 9.80 Å². The zero-order valence-corrected chi connectivity index (χ0v) is 27.2. The van der Waals surface area contributed by atoms with E-state index < -0.39 is 23.8 Å². The van der Waals surface area contributed by atoms with Gasteiger partial charge in [-0.05, 0) is 71.8 Å². The SMILES string of the molecule is C#Cc1cc(C(=O)O)cc(N2Cc3c(C#Cc4ccccc4)c4c(c(C#Cc5ccccc5)c3C2)C(=O)N(c2cc(C#C)cc(C(=O)O)c2)C4=O)c1. The highest BCUT2D eigenvalue weighted by Gasteiger charge is 2.44. The Hall–Kier alpha value is -7.78. The quantitative estimate of drug-likeness (QED) is 0.173. The third kappa shape index (κ3) is 5.90. The number of amides is 2. The lowest BCUT2D eigenvalue weighted by atomic mass is 9.88. The van der Waals surface area contributed by atoms with E-state index in [1.54, 1.807) is 6.07 Å². The van der Waals surface area contributed by atoms with Crippen LogP contribution in [0.15, 0.2) is 97.1 Å². The van der Waals surface area contributed by atoms with Crippen LogP contribution in [0.5, 0.6) is 0 Å². The minimum Gasteiger partial charge on any atom is -0.478 e. The van der Waals surface area contributed by atoms with Gasteiger partial charge in [0.15, 0.2) is 0 Å². The maximum atomic E-state index is 14.6. The van der Waals surface area contributed by atoms with Gasteiger partial charge in [0.1, 0.15) is 0 Å². The molecule has 0 spiro atoms. The molecule has 7 rings (SSSR count). The number of terminal acetylenes is 2. The Morgan fingerprint density at radius 1 is 0.558 bits per heavy atom. The monoisotopic (exact) mass is 676 g/mol. The lowest BCUT2D eigenvalue weighted by Gasteiger charge is -2.19. The first-order valence-corrected chi connectivity index (χ1v) is 15.9. The van der Waals surface area contributed by atoms with Crippen molar-refractivity contribution in [3.63, 3.8) is 0 Å². The topological polar surface area (TPSA) is 115 Å². The molecule has 0 fully saturated rings. The Morgan fingerprint density at radius 2 is 0.981 bits per heavy atom. The molecule has 2 N–H and O–H groups in total. The molecule has 2 amide bonds. The molecule has 0 aliphatic carbocycles. The van der Waals surface area contributed by atoms with Gasteiger partial charge in [-0.2, -0.15) is 0 Å². The van der Waals surface area contributed by atoms with Gasteiger partial charge in [-0.25, -0.2) is 14.5 Å². The van der Waals surface area contributed by atoms with Crippen molar-refractivity contribution in [1.82, 2.24) is 0 Å². The lowest BCUT2D eigenvalue weighted by molar-refractivity contribution is 0.0686. The van der Waals surface area contributed by atoms with E-state index in [1.807, 2.05) is 65.6 Å². The number of carbonyl (C=O) groups is 4. The number of fused-ring (bicyclic) bond motifs is 2. The summed E-state index contributed by atoms with van der Waals surface area (Å²) in [7, 11) is 0. The summed E-state index contributed by atoms with van der Waals surface area (Å²) < 4.78 is 0. The second-order valence-electron chi connectivity index (χ2n) is 11.9. The van der Waals surface area contributed by atoms with Crippen LogP contribution in [-0.4, -0.2) is 34.0 Å². The normalized spacial score (nSPS) is 12.4. The molecule has 0 aromatic heterocycles. The maximum absolute atomic E-state index is 14.6. The number of aromatic carboxylic acids is 2. The number of rotatable bonds is 4. The average Bonchev–Trinajstić information content (AvgIpc) is 3.72. The van der Waals surface area contributed by atoms with Crippen molar-refractivity contribution in [1.29, 1.82) is 0 Å². The number of imide groups is 1. The maximum Gasteiger partial charge on any atom is 0.335 e. The van der Waals surface area contributed by atoms with Crippen molar-refractivity contribution in [3.05, 3.63) is 164 Å². The second kappa shape index (κ2) is 13.3. The average molecular weight is 677 g/mol. The molecule has 0 saturated carbocycles. The smallest absolute Gasteiger partial charge is 0.335 e. The summed E-state index contributed by atoms with van der Waals surface area (Å²) in [5.74, 6) is 13.7. The van der Waals surface area contributed by atoms with Gasteiger partial charge in [0.05, 0.1) is 27.9 Å². The first-order valence-electron chi connectivity index (χ1n) is 15.9. The van der Waals surface area contributed by atoms with Crippen LogP contribution in [0.3, 0.4) is 0 Å². The van der Waals surface area contributed by atoms with E-state index in [4.69, 9.17) is 12.8 Å². The highest BCUT2D eigenvalue weighted by Crippen LogP contribution is 2.42. The largest absolute Gasteiger partial charge is 0.478 e. The van der Waals surface area contributed by atoms with Crippen LogP contribution in [0.4, 0.5) is 11.4 Å². The summed E-state index contributed by atoms with van der Waals surface area (Å²) in [4.78, 5) is 56.0. The van der Waals surface area contributed by atoms with E-state index in [9.17, 15) is 29.4 Å². The number of carboxylic acids is 2. The number of hydrogen-bond acceptors (Lipinski definition) is 5. The Kier molecular flexibility index (Phi) is 8.35. The van der Waals surface area contributed by atoms with Crippen LogP contribution in [0.1, 0.15) is 85.9 Å². The molecule has 52 heavy (non-hydrogen) atoms. The molecule has 246 valence electrons. The van der Waals surface area contributed by atoms with Gasteiger partial charge in [-0.15, -0.1) is 12.8 Å². The number of benzene rings is 5. The molecular formula is C44H24N2O6. The van der Waals surface area contributed by atoms with Crippen LogP contribution in [0, 0.1) is 48.4 Å². The van der Waals surface area contributed by atoms with Crippen molar-refractivity contribution >= 4 is 35.1 Å². The number of hydrogen-bond donors (Lipinski definition) is 2. The van der Waals surface area contributed by atoms with Gasteiger partial charge >= 0.3 is 11.9 Å². The van der Waals surface area contributed by atoms with Crippen molar-refractivity contribution < 1.29 is 29.4 Å². The molecule has 5 aromatic carbocycles. The molecule has 8 heteroatoms. The van der Waals surface area contributed by atoms with E-state index in [0.29, 0.717) is 44.6 Å². The van der Waals surface area contributed by atoms with E-state index in [1.165, 1.54) is 30.3 Å². The summed E-state index contributed by atoms with van der Waals surface area (Å²) in [6, 6.07) is 26.8. The molecule has 0 saturated heterocycles. The van der Waals surface area contributed by atoms with Crippen LogP contribution < -0.4 is 9.80 Å². The summed E-state index contributed by atoms with van der Waals surface area (Å²) in [6.45, 7) is 0.372. The minimum absolute atomic E-state index is 0.00271. The first-order chi connectivity index (χ1) is 25.2. The number of nitrogens with zero attached hydrogens (tertiary/aromatic N) is 2. The van der Waals surface area contributed by atoms with Crippen molar-refractivity contribution in [3.8, 4) is 48.4 Å². The zero-order valence-electron chi connectivity index (χ0n) is 27.2. The molecule has 0 radical (unpaired) electrons. The van der Waals surface area contributed by atoms with Crippen LogP contribution in [-0.2, 0) is 13.1 Å². The highest BCUT2D eigenvalue weighted by molar-refractivity contribution is 6.36. The predicted octanol–water partition coefficient (Wildman–Crippen LogP) is 6.17. The molecule has 2 aliphatic heterocycles. The fraction of sp³-hybridized carbons (Fsp3) is 0.0455. The van der Waals surface area contributed by atoms with Crippen LogP contribution in [0.25, 0.3) is 0 Å². The van der Waals surface area contributed by atoms with Gasteiger partial charge in [-0.3, -0.25) is 9.59 Å². The van der Waals surface area contributed by atoms with E-state index in [-0.39, 0.29) is 46.6 Å². The molecule has 0 bridgehead atoms. The van der Waals surface area contributed by atoms with Gasteiger partial charge in [0.25, 0.3) is 11.8 Å². The van der Waals surface area contributed by atoms with E-state index in [2.05, 4.69) is 35.5 Å². The van der Waals surface area contributed by atoms with Gasteiger partial charge in [0.2, 0.25) is 0 Å². The molecule has 5 aromatic rings. The standard InChI is InChI=1S/C44H24N2O6/c1-3-27-19-31(43(49)50)23-33(21-27)45-25-37-35(17-15-29-11-7-5-8-12-29)39-40(36(38(37)26-45)18-16-30-13-9-6-10-14-30)42(48)46(41(39)47)34-22-28(4-2)20-32(24-34)44(51)52/h1-2,5-14,19-24H,25-26H2,(H,49,50)(H,51,52). The zero-order chi connectivity index (χ0) is 36.5.